The van der Waals surface area contributed by atoms with Gasteiger partial charge in [-0.1, -0.05) is 91.0 Å². The lowest BCUT2D eigenvalue weighted by Gasteiger charge is -2.24. The Morgan fingerprint density at radius 2 is 1.09 bits per heavy atom. The highest BCUT2D eigenvalue weighted by molar-refractivity contribution is 5.15. The second kappa shape index (κ2) is 11.9. The molecule has 1 aliphatic heterocycles. The van der Waals surface area contributed by atoms with Crippen LogP contribution in [0.25, 0.3) is 0 Å². The number of rotatable bonds is 11. The van der Waals surface area contributed by atoms with E-state index in [2.05, 4.69) is 0 Å². The van der Waals surface area contributed by atoms with Gasteiger partial charge < -0.3 is 23.7 Å². The maximum absolute atomic E-state index is 6.33. The van der Waals surface area contributed by atoms with E-state index >= 15 is 0 Å². The van der Waals surface area contributed by atoms with E-state index in [1.54, 1.807) is 7.11 Å². The van der Waals surface area contributed by atoms with Gasteiger partial charge in [0.1, 0.15) is 18.3 Å². The number of hydrogen-bond acceptors (Lipinski definition) is 5. The van der Waals surface area contributed by atoms with Crippen molar-refractivity contribution in [1.29, 1.82) is 0 Å². The zero-order valence-electron chi connectivity index (χ0n) is 18.3. The van der Waals surface area contributed by atoms with Gasteiger partial charge in [0.05, 0.1) is 26.4 Å². The quantitative estimate of drug-likeness (QED) is 0.436. The molecule has 1 fully saturated rings. The SMILES string of the molecule is COC1OC(COCc2ccccc2)[C@@H](OCc2ccccc2)[C@@H]1OCc1ccccc1. The van der Waals surface area contributed by atoms with Gasteiger partial charge in [-0.05, 0) is 16.7 Å². The highest BCUT2D eigenvalue weighted by Crippen LogP contribution is 2.29. The molecule has 0 bridgehead atoms. The van der Waals surface area contributed by atoms with E-state index in [4.69, 9.17) is 23.7 Å². The van der Waals surface area contributed by atoms with Crippen LogP contribution in [0.15, 0.2) is 91.0 Å². The fraction of sp³-hybridized carbons (Fsp3) is 0.333. The third kappa shape index (κ3) is 6.25. The Labute approximate surface area is 189 Å². The maximum Gasteiger partial charge on any atom is 0.186 e. The highest BCUT2D eigenvalue weighted by Gasteiger charge is 2.46. The van der Waals surface area contributed by atoms with Gasteiger partial charge >= 0.3 is 0 Å². The molecule has 0 N–H and O–H groups in total. The van der Waals surface area contributed by atoms with E-state index < -0.39 is 6.29 Å². The van der Waals surface area contributed by atoms with Crippen molar-refractivity contribution in [2.24, 2.45) is 0 Å². The molecular weight excluding hydrogens is 404 g/mol. The lowest BCUT2D eigenvalue weighted by atomic mass is 10.1. The number of benzene rings is 3. The van der Waals surface area contributed by atoms with Crippen LogP contribution in [0.5, 0.6) is 0 Å². The minimum Gasteiger partial charge on any atom is -0.374 e. The van der Waals surface area contributed by atoms with Crippen LogP contribution in [0.3, 0.4) is 0 Å². The van der Waals surface area contributed by atoms with E-state index in [1.807, 2.05) is 91.0 Å². The first kappa shape index (κ1) is 22.6. The molecule has 168 valence electrons. The monoisotopic (exact) mass is 434 g/mol. The van der Waals surface area contributed by atoms with Gasteiger partial charge in [-0.15, -0.1) is 0 Å². The van der Waals surface area contributed by atoms with Crippen LogP contribution in [0.4, 0.5) is 0 Å². The lowest BCUT2D eigenvalue weighted by Crippen LogP contribution is -2.39. The molecule has 0 spiro atoms. The summed E-state index contributed by atoms with van der Waals surface area (Å²) in [5.74, 6) is 0. The summed E-state index contributed by atoms with van der Waals surface area (Å²) in [6, 6.07) is 30.3. The average Bonchev–Trinajstić information content (AvgIpc) is 3.19. The van der Waals surface area contributed by atoms with Crippen molar-refractivity contribution in [3.63, 3.8) is 0 Å². The molecule has 32 heavy (non-hydrogen) atoms. The van der Waals surface area contributed by atoms with E-state index in [9.17, 15) is 0 Å². The topological polar surface area (TPSA) is 46.2 Å². The molecule has 1 aliphatic rings. The molecule has 0 radical (unpaired) electrons. The van der Waals surface area contributed by atoms with Crippen molar-refractivity contribution >= 4 is 0 Å². The van der Waals surface area contributed by atoms with Crippen LogP contribution in [-0.4, -0.2) is 38.3 Å². The summed E-state index contributed by atoms with van der Waals surface area (Å²) in [4.78, 5) is 0. The first-order chi connectivity index (χ1) is 15.8. The molecule has 5 nitrogen and oxygen atoms in total. The Bertz CT molecular complexity index is 903. The molecule has 0 aliphatic carbocycles. The molecule has 1 saturated heterocycles. The van der Waals surface area contributed by atoms with Gasteiger partial charge in [-0.3, -0.25) is 0 Å². The predicted molar refractivity (Wildman–Crippen MR) is 122 cm³/mol. The third-order valence-corrected chi connectivity index (χ3v) is 5.46. The summed E-state index contributed by atoms with van der Waals surface area (Å²) < 4.78 is 30.3. The van der Waals surface area contributed by atoms with Gasteiger partial charge in [-0.25, -0.2) is 0 Å². The third-order valence-electron chi connectivity index (χ3n) is 5.46. The summed E-state index contributed by atoms with van der Waals surface area (Å²) in [6.45, 7) is 1.82. The summed E-state index contributed by atoms with van der Waals surface area (Å²) in [7, 11) is 1.63. The molecule has 4 rings (SSSR count). The number of ether oxygens (including phenoxy) is 5. The van der Waals surface area contributed by atoms with Crippen LogP contribution >= 0.6 is 0 Å². The molecular formula is C27H30O5. The van der Waals surface area contributed by atoms with E-state index in [0.717, 1.165) is 16.7 Å². The average molecular weight is 435 g/mol. The van der Waals surface area contributed by atoms with Gasteiger partial charge in [0, 0.05) is 7.11 Å². The zero-order valence-corrected chi connectivity index (χ0v) is 18.3. The van der Waals surface area contributed by atoms with Crippen molar-refractivity contribution in [2.75, 3.05) is 13.7 Å². The molecule has 4 atom stereocenters. The second-order valence-corrected chi connectivity index (χ2v) is 7.80. The highest BCUT2D eigenvalue weighted by atomic mass is 16.7. The lowest BCUT2D eigenvalue weighted by molar-refractivity contribution is -0.170. The fourth-order valence-electron chi connectivity index (χ4n) is 3.79. The largest absolute Gasteiger partial charge is 0.374 e. The van der Waals surface area contributed by atoms with Crippen LogP contribution in [0.1, 0.15) is 16.7 Å². The smallest absolute Gasteiger partial charge is 0.186 e. The van der Waals surface area contributed by atoms with Crippen molar-refractivity contribution in [1.82, 2.24) is 0 Å². The summed E-state index contributed by atoms with van der Waals surface area (Å²) in [5.41, 5.74) is 3.31. The number of methoxy groups -OCH3 is 1. The van der Waals surface area contributed by atoms with Gasteiger partial charge in [0.25, 0.3) is 0 Å². The molecule has 0 saturated carbocycles. The van der Waals surface area contributed by atoms with Crippen molar-refractivity contribution < 1.29 is 23.7 Å². The van der Waals surface area contributed by atoms with Gasteiger partial charge in [-0.2, -0.15) is 0 Å². The summed E-state index contributed by atoms with van der Waals surface area (Å²) in [6.07, 6.45) is -1.51. The minimum absolute atomic E-state index is 0.298. The maximum atomic E-state index is 6.33. The van der Waals surface area contributed by atoms with Crippen LogP contribution in [0.2, 0.25) is 0 Å². The second-order valence-electron chi connectivity index (χ2n) is 7.80. The van der Waals surface area contributed by atoms with Crippen LogP contribution < -0.4 is 0 Å². The zero-order chi connectivity index (χ0) is 22.0. The predicted octanol–water partition coefficient (Wildman–Crippen LogP) is 4.75. The normalized spacial score (nSPS) is 22.8. The fourth-order valence-corrected chi connectivity index (χ4v) is 3.79. The molecule has 2 unspecified atom stereocenters. The Morgan fingerprint density at radius 1 is 0.625 bits per heavy atom. The van der Waals surface area contributed by atoms with Crippen molar-refractivity contribution in [3.8, 4) is 0 Å². The Kier molecular flexibility index (Phi) is 8.42. The number of hydrogen-bond donors (Lipinski definition) is 0. The van der Waals surface area contributed by atoms with E-state index in [0.29, 0.717) is 26.4 Å². The molecule has 1 heterocycles. The molecule has 0 aromatic heterocycles. The molecule has 3 aromatic carbocycles. The summed E-state index contributed by atoms with van der Waals surface area (Å²) in [5, 5.41) is 0. The minimum atomic E-state index is -0.523. The van der Waals surface area contributed by atoms with E-state index in [1.165, 1.54) is 0 Å². The first-order valence-electron chi connectivity index (χ1n) is 10.9. The van der Waals surface area contributed by atoms with Gasteiger partial charge in [0.15, 0.2) is 6.29 Å². The van der Waals surface area contributed by atoms with Crippen molar-refractivity contribution in [2.45, 2.75) is 44.4 Å². The Balaban J connectivity index is 1.42. The van der Waals surface area contributed by atoms with E-state index in [-0.39, 0.29) is 18.3 Å². The molecule has 0 amide bonds. The first-order valence-corrected chi connectivity index (χ1v) is 10.9. The van der Waals surface area contributed by atoms with Gasteiger partial charge in [0.2, 0.25) is 0 Å². The summed E-state index contributed by atoms with van der Waals surface area (Å²) >= 11 is 0. The van der Waals surface area contributed by atoms with Crippen molar-refractivity contribution in [3.05, 3.63) is 108 Å². The van der Waals surface area contributed by atoms with Crippen LogP contribution in [0, 0.1) is 0 Å². The molecule has 3 aromatic rings. The van der Waals surface area contributed by atoms with Crippen LogP contribution in [-0.2, 0) is 43.5 Å². The molecule has 5 heteroatoms. The standard InChI is InChI=1S/C27H30O5/c1-28-27-26(31-19-23-15-9-4-10-16-23)25(30-18-22-13-7-3-8-14-22)24(32-27)20-29-17-21-11-5-2-6-12-21/h2-16,24-27H,17-20H2,1H3/t24?,25-,26+,27?/m1/s1. The Morgan fingerprint density at radius 3 is 1.59 bits per heavy atom. The Hall–Kier alpha value is -2.54.